The SMILES string of the molecule is COc1ccc(-c2nc(C(N)=O)c3[nH]c(=O)n(-c4ccc5c(c4)OCO5)c3n2)cc1O. The molecule has 156 valence electrons. The Hall–Kier alpha value is -4.54. The van der Waals surface area contributed by atoms with Gasteiger partial charge in [0.05, 0.1) is 12.8 Å². The zero-order valence-corrected chi connectivity index (χ0v) is 16.1. The number of H-pyrrole nitrogens is 1. The first-order valence-electron chi connectivity index (χ1n) is 9.06. The maximum atomic E-state index is 12.8. The molecule has 0 radical (unpaired) electrons. The highest BCUT2D eigenvalue weighted by Gasteiger charge is 2.22. The molecule has 1 aliphatic heterocycles. The van der Waals surface area contributed by atoms with Gasteiger partial charge in [0.1, 0.15) is 5.52 Å². The van der Waals surface area contributed by atoms with Crippen LogP contribution in [0.5, 0.6) is 23.0 Å². The first kappa shape index (κ1) is 18.5. The Morgan fingerprint density at radius 1 is 1.19 bits per heavy atom. The fraction of sp³-hybridized carbons (Fsp3) is 0.100. The fourth-order valence-electron chi connectivity index (χ4n) is 3.39. The van der Waals surface area contributed by atoms with Crippen LogP contribution < -0.4 is 25.6 Å². The predicted molar refractivity (Wildman–Crippen MR) is 108 cm³/mol. The van der Waals surface area contributed by atoms with Crippen molar-refractivity contribution in [2.24, 2.45) is 5.73 Å². The van der Waals surface area contributed by atoms with E-state index in [4.69, 9.17) is 19.9 Å². The van der Waals surface area contributed by atoms with Crippen molar-refractivity contribution >= 4 is 17.1 Å². The van der Waals surface area contributed by atoms with E-state index in [9.17, 15) is 14.7 Å². The fourth-order valence-corrected chi connectivity index (χ4v) is 3.39. The van der Waals surface area contributed by atoms with E-state index in [-0.39, 0.29) is 41.0 Å². The van der Waals surface area contributed by atoms with Crippen molar-refractivity contribution in [3.8, 4) is 40.1 Å². The van der Waals surface area contributed by atoms with Gasteiger partial charge in [-0.1, -0.05) is 0 Å². The Bertz CT molecular complexity index is 1420. The molecule has 4 aromatic rings. The standard InChI is InChI=1S/C20H15N5O6/c1-29-12-4-2-9(6-11(12)26)18-22-15(17(21)27)16-19(24-18)25(20(28)23-16)10-3-5-13-14(7-10)31-8-30-13/h2-7,26H,8H2,1H3,(H2,21,27)(H,23,28). The number of amides is 1. The zero-order valence-electron chi connectivity index (χ0n) is 16.1. The summed E-state index contributed by atoms with van der Waals surface area (Å²) < 4.78 is 17.0. The summed E-state index contributed by atoms with van der Waals surface area (Å²) in [5.41, 5.74) is 5.88. The number of carbonyl (C=O) groups is 1. The molecule has 2 aromatic heterocycles. The van der Waals surface area contributed by atoms with Crippen molar-refractivity contribution in [2.75, 3.05) is 13.9 Å². The van der Waals surface area contributed by atoms with Crippen molar-refractivity contribution in [3.05, 3.63) is 52.6 Å². The number of carbonyl (C=O) groups excluding carboxylic acids is 1. The number of aromatic hydroxyl groups is 1. The van der Waals surface area contributed by atoms with Crippen molar-refractivity contribution in [2.45, 2.75) is 0 Å². The van der Waals surface area contributed by atoms with E-state index < -0.39 is 11.6 Å². The van der Waals surface area contributed by atoms with Gasteiger partial charge < -0.3 is 30.0 Å². The van der Waals surface area contributed by atoms with Crippen LogP contribution in [0.2, 0.25) is 0 Å². The van der Waals surface area contributed by atoms with Gasteiger partial charge in [0.2, 0.25) is 6.79 Å². The van der Waals surface area contributed by atoms with Crippen molar-refractivity contribution in [1.29, 1.82) is 0 Å². The summed E-state index contributed by atoms with van der Waals surface area (Å²) in [6.45, 7) is 0.0840. The predicted octanol–water partition coefficient (Wildman–Crippen LogP) is 1.32. The molecular weight excluding hydrogens is 406 g/mol. The maximum Gasteiger partial charge on any atom is 0.332 e. The number of methoxy groups -OCH3 is 1. The third-order valence-corrected chi connectivity index (χ3v) is 4.82. The number of rotatable bonds is 4. The number of phenolic OH excluding ortho intramolecular Hbond substituents is 1. The van der Waals surface area contributed by atoms with Crippen LogP contribution in [0, 0.1) is 0 Å². The van der Waals surface area contributed by atoms with Crippen LogP contribution in [0.25, 0.3) is 28.2 Å². The molecule has 0 unspecified atom stereocenters. The molecule has 11 heteroatoms. The summed E-state index contributed by atoms with van der Waals surface area (Å²) in [7, 11) is 1.42. The molecule has 31 heavy (non-hydrogen) atoms. The van der Waals surface area contributed by atoms with Crippen LogP contribution >= 0.6 is 0 Å². The van der Waals surface area contributed by atoms with Crippen LogP contribution in [0.1, 0.15) is 10.5 Å². The molecule has 0 spiro atoms. The maximum absolute atomic E-state index is 12.8. The summed E-state index contributed by atoms with van der Waals surface area (Å²) in [4.78, 5) is 36.1. The number of primary amides is 1. The topological polar surface area (TPSA) is 155 Å². The number of benzene rings is 2. The van der Waals surface area contributed by atoms with Gasteiger partial charge >= 0.3 is 5.69 Å². The van der Waals surface area contributed by atoms with Crippen molar-refractivity contribution < 1.29 is 24.1 Å². The number of phenols is 1. The van der Waals surface area contributed by atoms with E-state index in [0.29, 0.717) is 22.7 Å². The molecule has 1 amide bonds. The number of nitrogens with one attached hydrogen (secondary N) is 1. The van der Waals surface area contributed by atoms with Gasteiger partial charge in [-0.3, -0.25) is 4.79 Å². The normalized spacial score (nSPS) is 12.3. The lowest BCUT2D eigenvalue weighted by Gasteiger charge is -2.08. The van der Waals surface area contributed by atoms with Gasteiger partial charge in [-0.2, -0.15) is 0 Å². The molecule has 11 nitrogen and oxygen atoms in total. The van der Waals surface area contributed by atoms with Crippen LogP contribution in [0.4, 0.5) is 0 Å². The number of aromatic nitrogens is 4. The van der Waals surface area contributed by atoms with Gasteiger partial charge in [-0.25, -0.2) is 19.3 Å². The minimum absolute atomic E-state index is 0.0840. The van der Waals surface area contributed by atoms with E-state index in [1.165, 1.54) is 23.8 Å². The van der Waals surface area contributed by atoms with E-state index in [1.807, 2.05) is 0 Å². The summed E-state index contributed by atoms with van der Waals surface area (Å²) in [5, 5.41) is 10.1. The molecule has 3 heterocycles. The molecule has 0 bridgehead atoms. The molecule has 5 rings (SSSR count). The summed E-state index contributed by atoms with van der Waals surface area (Å²) in [6.07, 6.45) is 0. The Morgan fingerprint density at radius 3 is 2.74 bits per heavy atom. The molecule has 0 saturated carbocycles. The zero-order chi connectivity index (χ0) is 21.7. The van der Waals surface area contributed by atoms with Crippen molar-refractivity contribution in [1.82, 2.24) is 19.5 Å². The number of aromatic amines is 1. The molecule has 0 aliphatic carbocycles. The highest BCUT2D eigenvalue weighted by Crippen LogP contribution is 2.34. The van der Waals surface area contributed by atoms with Gasteiger partial charge in [0.25, 0.3) is 5.91 Å². The molecule has 1 aliphatic rings. The number of nitrogens with zero attached hydrogens (tertiary/aromatic N) is 3. The van der Waals surface area contributed by atoms with Gasteiger partial charge in [-0.05, 0) is 30.3 Å². The molecular formula is C20H15N5O6. The Labute approximate surface area is 173 Å². The first-order chi connectivity index (χ1) is 15.0. The Morgan fingerprint density at radius 2 is 2.00 bits per heavy atom. The van der Waals surface area contributed by atoms with Gasteiger partial charge in [0, 0.05) is 11.6 Å². The third kappa shape index (κ3) is 2.90. The molecule has 0 fully saturated rings. The second-order valence-corrected chi connectivity index (χ2v) is 6.65. The second-order valence-electron chi connectivity index (χ2n) is 6.65. The molecule has 2 aromatic carbocycles. The number of imidazole rings is 1. The Balaban J connectivity index is 1.77. The minimum atomic E-state index is -0.842. The largest absolute Gasteiger partial charge is 0.504 e. The van der Waals surface area contributed by atoms with E-state index in [2.05, 4.69) is 15.0 Å². The lowest BCUT2D eigenvalue weighted by molar-refractivity contribution is 0.0997. The van der Waals surface area contributed by atoms with Crippen LogP contribution in [-0.2, 0) is 0 Å². The van der Waals surface area contributed by atoms with Crippen LogP contribution in [-0.4, -0.2) is 44.4 Å². The highest BCUT2D eigenvalue weighted by molar-refractivity contribution is 6.02. The number of hydrogen-bond donors (Lipinski definition) is 3. The summed E-state index contributed by atoms with van der Waals surface area (Å²) in [6, 6.07) is 9.49. The number of hydrogen-bond acceptors (Lipinski definition) is 8. The molecule has 4 N–H and O–H groups in total. The van der Waals surface area contributed by atoms with Gasteiger partial charge in [0.15, 0.2) is 40.2 Å². The van der Waals surface area contributed by atoms with E-state index >= 15 is 0 Å². The average Bonchev–Trinajstić information content (AvgIpc) is 3.35. The highest BCUT2D eigenvalue weighted by atomic mass is 16.7. The summed E-state index contributed by atoms with van der Waals surface area (Å²) >= 11 is 0. The number of fused-ring (bicyclic) bond motifs is 2. The smallest absolute Gasteiger partial charge is 0.332 e. The number of nitrogens with two attached hydrogens (primary N) is 1. The second kappa shape index (κ2) is 6.76. The van der Waals surface area contributed by atoms with E-state index in [0.717, 1.165) is 0 Å². The minimum Gasteiger partial charge on any atom is -0.504 e. The lowest BCUT2D eigenvalue weighted by atomic mass is 10.2. The van der Waals surface area contributed by atoms with Gasteiger partial charge in [-0.15, -0.1) is 0 Å². The van der Waals surface area contributed by atoms with Crippen LogP contribution in [0.3, 0.4) is 0 Å². The quantitative estimate of drug-likeness (QED) is 0.446. The first-order valence-corrected chi connectivity index (χ1v) is 9.06. The third-order valence-electron chi connectivity index (χ3n) is 4.82. The van der Waals surface area contributed by atoms with E-state index in [1.54, 1.807) is 24.3 Å². The Kier molecular flexibility index (Phi) is 4.03. The molecule has 0 saturated heterocycles. The summed E-state index contributed by atoms with van der Waals surface area (Å²) in [5.74, 6) is 0.408. The monoisotopic (exact) mass is 421 g/mol. The number of ether oxygens (including phenoxy) is 3. The molecule has 0 atom stereocenters. The lowest BCUT2D eigenvalue weighted by Crippen LogP contribution is -2.15. The van der Waals surface area contributed by atoms with Crippen LogP contribution in [0.15, 0.2) is 41.2 Å². The van der Waals surface area contributed by atoms with Crippen molar-refractivity contribution in [3.63, 3.8) is 0 Å². The average molecular weight is 421 g/mol.